The third-order valence-electron chi connectivity index (χ3n) is 3.45. The Balaban J connectivity index is 1.61. The number of hydrogen-bond donors (Lipinski definition) is 1. The molecule has 0 unspecified atom stereocenters. The number of hydrazone groups is 1. The SMILES string of the molecule is Cc1ccccc1Oc1ccc(C=NNc2ccc(F)cc2)cc1. The van der Waals surface area contributed by atoms with E-state index in [0.29, 0.717) is 0 Å². The molecule has 4 heteroatoms. The van der Waals surface area contributed by atoms with Crippen LogP contribution in [0.3, 0.4) is 0 Å². The van der Waals surface area contributed by atoms with Crippen molar-refractivity contribution in [3.05, 3.63) is 89.7 Å². The molecule has 0 saturated heterocycles. The summed E-state index contributed by atoms with van der Waals surface area (Å²) in [7, 11) is 0. The van der Waals surface area contributed by atoms with Crippen LogP contribution in [0, 0.1) is 12.7 Å². The molecule has 0 aliphatic rings. The van der Waals surface area contributed by atoms with Gasteiger partial charge < -0.3 is 4.74 Å². The molecule has 0 aliphatic heterocycles. The van der Waals surface area contributed by atoms with Crippen molar-refractivity contribution in [2.75, 3.05) is 5.43 Å². The quantitative estimate of drug-likeness (QED) is 0.506. The first-order valence-electron chi connectivity index (χ1n) is 7.59. The van der Waals surface area contributed by atoms with Crippen molar-refractivity contribution in [3.63, 3.8) is 0 Å². The summed E-state index contributed by atoms with van der Waals surface area (Å²) in [6.45, 7) is 2.01. The van der Waals surface area contributed by atoms with Crippen molar-refractivity contribution in [1.82, 2.24) is 0 Å². The number of anilines is 1. The smallest absolute Gasteiger partial charge is 0.130 e. The van der Waals surface area contributed by atoms with Crippen LogP contribution in [0.1, 0.15) is 11.1 Å². The maximum Gasteiger partial charge on any atom is 0.130 e. The summed E-state index contributed by atoms with van der Waals surface area (Å²) in [5.74, 6) is 1.35. The van der Waals surface area contributed by atoms with E-state index in [2.05, 4.69) is 10.5 Å². The molecule has 0 aliphatic carbocycles. The summed E-state index contributed by atoms with van der Waals surface area (Å²) < 4.78 is 18.7. The number of nitrogens with zero attached hydrogens (tertiary/aromatic N) is 1. The first-order valence-corrected chi connectivity index (χ1v) is 7.59. The first kappa shape index (κ1) is 15.7. The summed E-state index contributed by atoms with van der Waals surface area (Å²) in [6, 6.07) is 21.5. The maximum absolute atomic E-state index is 12.8. The monoisotopic (exact) mass is 320 g/mol. The summed E-state index contributed by atoms with van der Waals surface area (Å²) >= 11 is 0. The van der Waals surface area contributed by atoms with Crippen molar-refractivity contribution in [2.45, 2.75) is 6.92 Å². The van der Waals surface area contributed by atoms with Crippen molar-refractivity contribution >= 4 is 11.9 Å². The molecular formula is C20H17FN2O. The minimum Gasteiger partial charge on any atom is -0.457 e. The van der Waals surface area contributed by atoms with Gasteiger partial charge in [-0.15, -0.1) is 0 Å². The van der Waals surface area contributed by atoms with Gasteiger partial charge in [-0.25, -0.2) is 4.39 Å². The average molecular weight is 320 g/mol. The summed E-state index contributed by atoms with van der Waals surface area (Å²) in [6.07, 6.45) is 1.70. The van der Waals surface area contributed by atoms with E-state index >= 15 is 0 Å². The van der Waals surface area contributed by atoms with Gasteiger partial charge in [-0.2, -0.15) is 5.10 Å². The van der Waals surface area contributed by atoms with Crippen LogP contribution in [0.25, 0.3) is 0 Å². The number of nitrogens with one attached hydrogen (secondary N) is 1. The molecule has 3 rings (SSSR count). The number of ether oxygens (including phenoxy) is 1. The predicted octanol–water partition coefficient (Wildman–Crippen LogP) is 5.37. The Morgan fingerprint density at radius 2 is 1.62 bits per heavy atom. The largest absolute Gasteiger partial charge is 0.457 e. The fraction of sp³-hybridized carbons (Fsp3) is 0.0500. The molecule has 0 radical (unpaired) electrons. The lowest BCUT2D eigenvalue weighted by atomic mass is 10.2. The molecule has 0 aromatic heterocycles. The summed E-state index contributed by atoms with van der Waals surface area (Å²) in [5.41, 5.74) is 5.60. The number of benzene rings is 3. The summed E-state index contributed by atoms with van der Waals surface area (Å²) in [5, 5.41) is 4.13. The van der Waals surface area contributed by atoms with Crippen LogP contribution >= 0.6 is 0 Å². The zero-order chi connectivity index (χ0) is 16.8. The standard InChI is InChI=1S/C20H17FN2O/c1-15-4-2-3-5-20(15)24-19-12-6-16(7-13-19)14-22-23-18-10-8-17(21)9-11-18/h2-14,23H,1H3. The normalized spacial score (nSPS) is 10.8. The van der Waals surface area contributed by atoms with Gasteiger partial charge in [0.1, 0.15) is 17.3 Å². The zero-order valence-electron chi connectivity index (χ0n) is 13.2. The Kier molecular flexibility index (Phi) is 4.87. The van der Waals surface area contributed by atoms with Gasteiger partial charge in [-0.1, -0.05) is 18.2 Å². The van der Waals surface area contributed by atoms with Crippen LogP contribution in [0.4, 0.5) is 10.1 Å². The fourth-order valence-electron chi connectivity index (χ4n) is 2.13. The molecule has 3 nitrogen and oxygen atoms in total. The van der Waals surface area contributed by atoms with Gasteiger partial charge in [0.15, 0.2) is 0 Å². The second kappa shape index (κ2) is 7.42. The lowest BCUT2D eigenvalue weighted by Crippen LogP contribution is -1.91. The third kappa shape index (κ3) is 4.20. The van der Waals surface area contributed by atoms with Crippen LogP contribution in [-0.4, -0.2) is 6.21 Å². The van der Waals surface area contributed by atoms with Crippen LogP contribution in [0.5, 0.6) is 11.5 Å². The van der Waals surface area contributed by atoms with E-state index < -0.39 is 0 Å². The number of rotatable bonds is 5. The second-order valence-electron chi connectivity index (χ2n) is 5.31. The minimum atomic E-state index is -0.270. The van der Waals surface area contributed by atoms with Gasteiger partial charge in [0.05, 0.1) is 11.9 Å². The van der Waals surface area contributed by atoms with Crippen molar-refractivity contribution in [3.8, 4) is 11.5 Å². The predicted molar refractivity (Wildman–Crippen MR) is 95.3 cm³/mol. The molecular weight excluding hydrogens is 303 g/mol. The van der Waals surface area contributed by atoms with Crippen molar-refractivity contribution in [1.29, 1.82) is 0 Å². The van der Waals surface area contributed by atoms with Gasteiger partial charge in [-0.05, 0) is 72.6 Å². The van der Waals surface area contributed by atoms with Crippen molar-refractivity contribution < 1.29 is 9.13 Å². The lowest BCUT2D eigenvalue weighted by molar-refractivity contribution is 0.479. The molecule has 0 saturated carbocycles. The van der Waals surface area contributed by atoms with Gasteiger partial charge in [0.25, 0.3) is 0 Å². The van der Waals surface area contributed by atoms with Gasteiger partial charge in [0.2, 0.25) is 0 Å². The molecule has 0 heterocycles. The van der Waals surface area contributed by atoms with E-state index in [9.17, 15) is 4.39 Å². The van der Waals surface area contributed by atoms with E-state index in [1.165, 1.54) is 12.1 Å². The highest BCUT2D eigenvalue weighted by atomic mass is 19.1. The number of halogens is 1. The Morgan fingerprint density at radius 1 is 0.917 bits per heavy atom. The Morgan fingerprint density at radius 3 is 2.33 bits per heavy atom. The van der Waals surface area contributed by atoms with Crippen LogP contribution in [0.2, 0.25) is 0 Å². The molecule has 3 aromatic rings. The minimum absolute atomic E-state index is 0.270. The number of para-hydroxylation sites is 1. The van der Waals surface area contributed by atoms with Gasteiger partial charge in [0, 0.05) is 0 Å². The van der Waals surface area contributed by atoms with Crippen molar-refractivity contribution in [2.24, 2.45) is 5.10 Å². The fourth-order valence-corrected chi connectivity index (χ4v) is 2.13. The van der Waals surface area contributed by atoms with E-state index in [-0.39, 0.29) is 5.82 Å². The van der Waals surface area contributed by atoms with Gasteiger partial charge >= 0.3 is 0 Å². The lowest BCUT2D eigenvalue weighted by Gasteiger charge is -2.08. The van der Waals surface area contributed by atoms with E-state index in [0.717, 1.165) is 28.3 Å². The van der Waals surface area contributed by atoms with Gasteiger partial charge in [-0.3, -0.25) is 5.43 Å². The number of hydrogen-bond acceptors (Lipinski definition) is 3. The Bertz CT molecular complexity index is 827. The van der Waals surface area contributed by atoms with Crippen LogP contribution in [-0.2, 0) is 0 Å². The second-order valence-corrected chi connectivity index (χ2v) is 5.31. The zero-order valence-corrected chi connectivity index (χ0v) is 13.2. The van der Waals surface area contributed by atoms with Crippen LogP contribution in [0.15, 0.2) is 77.9 Å². The first-order chi connectivity index (χ1) is 11.7. The Labute approximate surface area is 140 Å². The average Bonchev–Trinajstić information content (AvgIpc) is 2.60. The highest BCUT2D eigenvalue weighted by Gasteiger charge is 2.00. The third-order valence-corrected chi connectivity index (χ3v) is 3.45. The molecule has 0 atom stereocenters. The highest BCUT2D eigenvalue weighted by molar-refractivity contribution is 5.80. The topological polar surface area (TPSA) is 33.6 Å². The summed E-state index contributed by atoms with van der Waals surface area (Å²) in [4.78, 5) is 0. The molecule has 1 N–H and O–H groups in total. The van der Waals surface area contributed by atoms with Crippen LogP contribution < -0.4 is 10.2 Å². The molecule has 0 spiro atoms. The molecule has 0 fully saturated rings. The molecule has 24 heavy (non-hydrogen) atoms. The highest BCUT2D eigenvalue weighted by Crippen LogP contribution is 2.24. The van der Waals surface area contributed by atoms with E-state index in [1.54, 1.807) is 18.3 Å². The van der Waals surface area contributed by atoms with E-state index in [1.807, 2.05) is 55.5 Å². The maximum atomic E-state index is 12.8. The molecule has 0 bridgehead atoms. The number of aryl methyl sites for hydroxylation is 1. The Hall–Kier alpha value is -3.14. The van der Waals surface area contributed by atoms with E-state index in [4.69, 9.17) is 4.74 Å². The molecule has 120 valence electrons. The molecule has 0 amide bonds. The molecule has 3 aromatic carbocycles.